The Labute approximate surface area is 351 Å². The van der Waals surface area contributed by atoms with Gasteiger partial charge in [-0.25, -0.2) is 0 Å². The Kier molecular flexibility index (Phi) is 43.5. The first-order chi connectivity index (χ1) is 28.0. The topological polar surface area (TPSA) is 78.9 Å². The van der Waals surface area contributed by atoms with E-state index in [4.69, 9.17) is 14.2 Å². The predicted molar refractivity (Wildman–Crippen MR) is 242 cm³/mol. The van der Waals surface area contributed by atoms with Crippen molar-refractivity contribution in [2.45, 2.75) is 232 Å². The predicted octanol–water partition coefficient (Wildman–Crippen LogP) is 15.3. The maximum atomic E-state index is 12.7. The molecule has 0 saturated heterocycles. The number of carbonyl (C=O) groups is 3. The van der Waals surface area contributed by atoms with Gasteiger partial charge in [-0.1, -0.05) is 178 Å². The molecule has 1 unspecified atom stereocenters. The molecule has 0 saturated carbocycles. The second-order valence-electron chi connectivity index (χ2n) is 15.6. The Morgan fingerprint density at radius 2 is 0.719 bits per heavy atom. The van der Waals surface area contributed by atoms with Crippen molar-refractivity contribution in [3.8, 4) is 0 Å². The van der Waals surface area contributed by atoms with Crippen LogP contribution in [0.1, 0.15) is 226 Å². The van der Waals surface area contributed by atoms with Crippen LogP contribution in [0.25, 0.3) is 0 Å². The van der Waals surface area contributed by atoms with Gasteiger partial charge >= 0.3 is 17.9 Å². The average molecular weight is 797 g/mol. The van der Waals surface area contributed by atoms with E-state index >= 15 is 0 Å². The van der Waals surface area contributed by atoms with Crippen LogP contribution in [0.5, 0.6) is 0 Å². The molecule has 328 valence electrons. The van der Waals surface area contributed by atoms with E-state index in [9.17, 15) is 14.4 Å². The quantitative estimate of drug-likeness (QED) is 0.0265. The number of carbonyl (C=O) groups excluding carboxylic acids is 3. The summed E-state index contributed by atoms with van der Waals surface area (Å²) in [6.07, 6.45) is 55.0. The number of hydrogen-bond donors (Lipinski definition) is 0. The van der Waals surface area contributed by atoms with E-state index in [-0.39, 0.29) is 37.5 Å². The Hall–Kier alpha value is -2.89. The van der Waals surface area contributed by atoms with Crippen molar-refractivity contribution in [2.75, 3.05) is 13.2 Å². The first-order valence-corrected chi connectivity index (χ1v) is 23.8. The fourth-order valence-electron chi connectivity index (χ4n) is 6.41. The molecule has 0 N–H and O–H groups in total. The fourth-order valence-corrected chi connectivity index (χ4v) is 6.41. The molecular formula is C51H88O6. The highest BCUT2D eigenvalue weighted by atomic mass is 16.6. The van der Waals surface area contributed by atoms with Crippen LogP contribution >= 0.6 is 0 Å². The van der Waals surface area contributed by atoms with Crippen molar-refractivity contribution in [1.29, 1.82) is 0 Å². The smallest absolute Gasteiger partial charge is 0.306 e. The molecule has 0 amide bonds. The number of hydrogen-bond acceptors (Lipinski definition) is 6. The number of allylic oxidation sites excluding steroid dienone is 10. The van der Waals surface area contributed by atoms with Gasteiger partial charge in [0, 0.05) is 19.3 Å². The second-order valence-corrected chi connectivity index (χ2v) is 15.6. The Bertz CT molecular complexity index is 1050. The van der Waals surface area contributed by atoms with Gasteiger partial charge in [0.1, 0.15) is 13.2 Å². The fraction of sp³-hybridized carbons (Fsp3) is 0.745. The molecule has 0 heterocycles. The van der Waals surface area contributed by atoms with Gasteiger partial charge in [0.25, 0.3) is 0 Å². The molecule has 0 aliphatic rings. The summed E-state index contributed by atoms with van der Waals surface area (Å²) >= 11 is 0. The normalized spacial score (nSPS) is 12.5. The van der Waals surface area contributed by atoms with Crippen LogP contribution in [0, 0.1) is 0 Å². The number of esters is 3. The summed E-state index contributed by atoms with van der Waals surface area (Å²) in [5.74, 6) is -1.01. The third kappa shape index (κ3) is 44.1. The Balaban J connectivity index is 4.49. The van der Waals surface area contributed by atoms with Crippen LogP contribution < -0.4 is 0 Å². The van der Waals surface area contributed by atoms with Gasteiger partial charge in [0.15, 0.2) is 6.10 Å². The van der Waals surface area contributed by atoms with Gasteiger partial charge < -0.3 is 14.2 Å². The minimum absolute atomic E-state index is 0.109. The first kappa shape index (κ1) is 54.1. The highest BCUT2D eigenvalue weighted by Gasteiger charge is 2.19. The summed E-state index contributed by atoms with van der Waals surface area (Å²) < 4.78 is 16.6. The zero-order valence-electron chi connectivity index (χ0n) is 37.3. The lowest BCUT2D eigenvalue weighted by molar-refractivity contribution is -0.166. The van der Waals surface area contributed by atoms with Crippen molar-refractivity contribution in [3.63, 3.8) is 0 Å². The van der Waals surface area contributed by atoms with E-state index in [2.05, 4.69) is 75.5 Å². The zero-order valence-corrected chi connectivity index (χ0v) is 37.3. The molecule has 0 aliphatic carbocycles. The van der Waals surface area contributed by atoms with Crippen molar-refractivity contribution in [3.05, 3.63) is 60.8 Å². The van der Waals surface area contributed by atoms with E-state index in [1.807, 2.05) is 6.08 Å². The van der Waals surface area contributed by atoms with Crippen molar-refractivity contribution in [1.82, 2.24) is 0 Å². The van der Waals surface area contributed by atoms with Crippen molar-refractivity contribution >= 4 is 17.9 Å². The molecule has 6 nitrogen and oxygen atoms in total. The lowest BCUT2D eigenvalue weighted by Crippen LogP contribution is -2.30. The molecular weight excluding hydrogens is 709 g/mol. The van der Waals surface area contributed by atoms with E-state index in [1.165, 1.54) is 83.5 Å². The standard InChI is InChI=1S/C51H88O6/c1-4-7-10-13-16-19-22-25-27-29-32-35-38-41-44-50(53)56-47-48(46-55-49(52)43-40-37-34-31-28-24-21-18-15-12-9-6-3)57-51(54)45-42-39-36-33-30-26-23-20-17-14-11-8-5-2/h9,12,18,21,26-27,29-30,36,39,48H,4-8,10-11,13-17,19-20,22-25,28,31-35,37-38,40-47H2,1-3H3/b12-9-,21-18-,29-27-,30-26-,39-36-. The van der Waals surface area contributed by atoms with Crippen LogP contribution in [-0.4, -0.2) is 37.2 Å². The molecule has 0 aliphatic heterocycles. The van der Waals surface area contributed by atoms with Gasteiger partial charge in [0.2, 0.25) is 0 Å². The van der Waals surface area contributed by atoms with Gasteiger partial charge in [0.05, 0.1) is 0 Å². The molecule has 0 radical (unpaired) electrons. The summed E-state index contributed by atoms with van der Waals surface area (Å²) in [5, 5.41) is 0. The van der Waals surface area contributed by atoms with E-state index in [1.54, 1.807) is 0 Å². The lowest BCUT2D eigenvalue weighted by atomic mass is 10.1. The van der Waals surface area contributed by atoms with Gasteiger partial charge in [-0.2, -0.15) is 0 Å². The monoisotopic (exact) mass is 797 g/mol. The maximum Gasteiger partial charge on any atom is 0.306 e. The third-order valence-corrected chi connectivity index (χ3v) is 9.99. The second kappa shape index (κ2) is 45.8. The molecule has 0 aromatic rings. The molecule has 1 atom stereocenters. The Morgan fingerprint density at radius 1 is 0.368 bits per heavy atom. The van der Waals surface area contributed by atoms with E-state index in [0.717, 1.165) is 96.3 Å². The van der Waals surface area contributed by atoms with Crippen LogP contribution in [0.2, 0.25) is 0 Å². The summed E-state index contributed by atoms with van der Waals surface area (Å²) in [7, 11) is 0. The molecule has 0 aromatic heterocycles. The highest BCUT2D eigenvalue weighted by molar-refractivity contribution is 5.71. The molecule has 0 rings (SSSR count). The summed E-state index contributed by atoms with van der Waals surface area (Å²) in [4.78, 5) is 37.7. The number of ether oxygens (including phenoxy) is 3. The summed E-state index contributed by atoms with van der Waals surface area (Å²) in [5.41, 5.74) is 0. The molecule has 0 spiro atoms. The van der Waals surface area contributed by atoms with Gasteiger partial charge in [-0.05, 0) is 89.9 Å². The molecule has 0 fully saturated rings. The minimum atomic E-state index is -0.814. The summed E-state index contributed by atoms with van der Waals surface area (Å²) in [6, 6.07) is 0. The van der Waals surface area contributed by atoms with Crippen molar-refractivity contribution in [2.24, 2.45) is 0 Å². The molecule has 0 aromatic carbocycles. The van der Waals surface area contributed by atoms with E-state index < -0.39 is 6.10 Å². The van der Waals surface area contributed by atoms with Gasteiger partial charge in [-0.15, -0.1) is 0 Å². The maximum absolute atomic E-state index is 12.7. The van der Waals surface area contributed by atoms with Crippen LogP contribution in [-0.2, 0) is 28.6 Å². The lowest BCUT2D eigenvalue weighted by Gasteiger charge is -2.18. The average Bonchev–Trinajstić information content (AvgIpc) is 3.21. The van der Waals surface area contributed by atoms with Crippen molar-refractivity contribution < 1.29 is 28.6 Å². The van der Waals surface area contributed by atoms with Crippen LogP contribution in [0.15, 0.2) is 60.8 Å². The minimum Gasteiger partial charge on any atom is -0.462 e. The first-order valence-electron chi connectivity index (χ1n) is 23.8. The van der Waals surface area contributed by atoms with Crippen LogP contribution in [0.4, 0.5) is 0 Å². The molecule has 57 heavy (non-hydrogen) atoms. The largest absolute Gasteiger partial charge is 0.462 e. The number of rotatable bonds is 42. The zero-order chi connectivity index (χ0) is 41.5. The highest BCUT2D eigenvalue weighted by Crippen LogP contribution is 2.12. The molecule has 6 heteroatoms. The summed E-state index contributed by atoms with van der Waals surface area (Å²) in [6.45, 7) is 6.43. The third-order valence-electron chi connectivity index (χ3n) is 9.99. The van der Waals surface area contributed by atoms with E-state index in [0.29, 0.717) is 19.3 Å². The number of unbranched alkanes of at least 4 members (excludes halogenated alkanes) is 21. The SMILES string of the molecule is CC/C=C\C/C=C\CCCCCCCC(=O)OCC(COC(=O)CCCCC/C=C\CCCCCCCCC)OC(=O)CC/C=C\C/C=C\CCCCCCCC. The molecule has 0 bridgehead atoms. The van der Waals surface area contributed by atoms with Crippen LogP contribution in [0.3, 0.4) is 0 Å². The van der Waals surface area contributed by atoms with Gasteiger partial charge in [-0.3, -0.25) is 14.4 Å². The Morgan fingerprint density at radius 3 is 1.16 bits per heavy atom.